The number of benzene rings is 2. The van der Waals surface area contributed by atoms with Crippen LogP contribution in [0.5, 0.6) is 5.75 Å². The molecule has 0 atom stereocenters. The van der Waals surface area contributed by atoms with E-state index >= 15 is 0 Å². The van der Waals surface area contributed by atoms with Gasteiger partial charge in [0.25, 0.3) is 10.1 Å². The predicted molar refractivity (Wildman–Crippen MR) is 105 cm³/mol. The Bertz CT molecular complexity index is 1110. The average molecular weight is 440 g/mol. The maximum Gasteiger partial charge on any atom is 0.435 e. The normalized spacial score (nSPS) is 12.2. The van der Waals surface area contributed by atoms with Crippen LogP contribution in [0, 0.1) is 0 Å². The molecule has 1 aromatic heterocycles. The second kappa shape index (κ2) is 8.49. The van der Waals surface area contributed by atoms with Crippen molar-refractivity contribution in [1.29, 1.82) is 0 Å². The number of hydrogen-bond donors (Lipinski definition) is 0. The van der Waals surface area contributed by atoms with E-state index < -0.39 is 22.0 Å². The second-order valence-corrected chi connectivity index (χ2v) is 8.14. The van der Waals surface area contributed by atoms with Crippen LogP contribution in [0.2, 0.25) is 0 Å². The highest BCUT2D eigenvalue weighted by Crippen LogP contribution is 2.33. The van der Waals surface area contributed by atoms with E-state index in [1.807, 2.05) is 0 Å². The smallest absolute Gasteiger partial charge is 0.435 e. The van der Waals surface area contributed by atoms with Crippen LogP contribution < -0.4 is 4.74 Å². The van der Waals surface area contributed by atoms with Gasteiger partial charge in [-0.15, -0.1) is 0 Å². The van der Waals surface area contributed by atoms with E-state index in [0.29, 0.717) is 23.4 Å². The average Bonchev–Trinajstić information content (AvgIpc) is 3.13. The Hall–Kier alpha value is -2.85. The standard InChI is InChI=1S/C20H19F3N2O4S/c1-28-17-9-7-16(8-10-17)25-18(13-19(24-25)20(21,22)23)15-5-3-14(4-6-15)11-12-29-30(2,26)27/h3-10,13H,11-12H2,1-2H3. The van der Waals surface area contributed by atoms with Crippen LogP contribution in [0.4, 0.5) is 13.2 Å². The summed E-state index contributed by atoms with van der Waals surface area (Å²) in [6, 6.07) is 14.2. The third-order valence-corrected chi connectivity index (χ3v) is 4.85. The Balaban J connectivity index is 1.92. The lowest BCUT2D eigenvalue weighted by atomic mass is 10.1. The summed E-state index contributed by atoms with van der Waals surface area (Å²) in [6.45, 7) is -0.0137. The van der Waals surface area contributed by atoms with Gasteiger partial charge in [-0.05, 0) is 42.3 Å². The maximum absolute atomic E-state index is 13.3. The number of ether oxygens (including phenoxy) is 1. The largest absolute Gasteiger partial charge is 0.497 e. The topological polar surface area (TPSA) is 70.4 Å². The molecule has 10 heteroatoms. The quantitative estimate of drug-likeness (QED) is 0.518. The van der Waals surface area contributed by atoms with Crippen molar-refractivity contribution in [2.75, 3.05) is 20.0 Å². The van der Waals surface area contributed by atoms with Crippen molar-refractivity contribution in [2.24, 2.45) is 0 Å². The molecule has 2 aromatic carbocycles. The lowest BCUT2D eigenvalue weighted by molar-refractivity contribution is -0.141. The maximum atomic E-state index is 13.3. The van der Waals surface area contributed by atoms with E-state index in [-0.39, 0.29) is 12.3 Å². The summed E-state index contributed by atoms with van der Waals surface area (Å²) < 4.78 is 72.9. The van der Waals surface area contributed by atoms with Crippen LogP contribution in [0.1, 0.15) is 11.3 Å². The minimum absolute atomic E-state index is 0.0137. The van der Waals surface area contributed by atoms with E-state index in [0.717, 1.165) is 17.9 Å². The Labute approximate surface area is 172 Å². The van der Waals surface area contributed by atoms with Crippen molar-refractivity contribution in [3.05, 3.63) is 65.9 Å². The van der Waals surface area contributed by atoms with Crippen LogP contribution in [-0.4, -0.2) is 38.2 Å². The first-order valence-corrected chi connectivity index (χ1v) is 10.6. The van der Waals surface area contributed by atoms with Crippen molar-refractivity contribution in [3.8, 4) is 22.7 Å². The third-order valence-electron chi connectivity index (χ3n) is 4.25. The highest BCUT2D eigenvalue weighted by atomic mass is 32.2. The molecule has 0 spiro atoms. The van der Waals surface area contributed by atoms with E-state index in [1.54, 1.807) is 48.5 Å². The van der Waals surface area contributed by atoms with Gasteiger partial charge in [0.15, 0.2) is 5.69 Å². The van der Waals surface area contributed by atoms with Crippen molar-refractivity contribution in [1.82, 2.24) is 9.78 Å². The molecule has 0 saturated heterocycles. The molecule has 0 fully saturated rings. The fourth-order valence-electron chi connectivity index (χ4n) is 2.80. The molecule has 0 unspecified atom stereocenters. The number of hydrogen-bond acceptors (Lipinski definition) is 5. The first kappa shape index (κ1) is 21.8. The molecule has 3 rings (SSSR count). The third kappa shape index (κ3) is 5.39. The molecule has 0 bridgehead atoms. The second-order valence-electron chi connectivity index (χ2n) is 6.50. The Kier molecular flexibility index (Phi) is 6.18. The van der Waals surface area contributed by atoms with E-state index in [9.17, 15) is 21.6 Å². The van der Waals surface area contributed by atoms with Crippen LogP contribution in [-0.2, 0) is 26.9 Å². The molecule has 0 radical (unpaired) electrons. The highest BCUT2D eigenvalue weighted by Gasteiger charge is 2.35. The summed E-state index contributed by atoms with van der Waals surface area (Å²) >= 11 is 0. The molecule has 0 aliphatic rings. The zero-order chi connectivity index (χ0) is 21.9. The first-order valence-electron chi connectivity index (χ1n) is 8.82. The number of alkyl halides is 3. The SMILES string of the molecule is COc1ccc(-n2nc(C(F)(F)F)cc2-c2ccc(CCOS(C)(=O)=O)cc2)cc1. The van der Waals surface area contributed by atoms with Crippen LogP contribution in [0.25, 0.3) is 16.9 Å². The Morgan fingerprint density at radius 1 is 1.03 bits per heavy atom. The minimum atomic E-state index is -4.59. The summed E-state index contributed by atoms with van der Waals surface area (Å²) in [7, 11) is -2.03. The summed E-state index contributed by atoms with van der Waals surface area (Å²) in [5.41, 5.74) is 1.04. The zero-order valence-electron chi connectivity index (χ0n) is 16.2. The lowest BCUT2D eigenvalue weighted by Gasteiger charge is -2.09. The van der Waals surface area contributed by atoms with E-state index in [1.165, 1.54) is 11.8 Å². The molecular formula is C20H19F3N2O4S. The molecule has 0 saturated carbocycles. The fraction of sp³-hybridized carbons (Fsp3) is 0.250. The molecular weight excluding hydrogens is 421 g/mol. The molecule has 0 amide bonds. The number of halogens is 3. The zero-order valence-corrected chi connectivity index (χ0v) is 17.0. The fourth-order valence-corrected chi connectivity index (χ4v) is 3.18. The van der Waals surface area contributed by atoms with Gasteiger partial charge in [0, 0.05) is 5.56 Å². The molecule has 0 aliphatic heterocycles. The Morgan fingerprint density at radius 3 is 2.20 bits per heavy atom. The molecule has 3 aromatic rings. The monoisotopic (exact) mass is 440 g/mol. The molecule has 160 valence electrons. The predicted octanol–water partition coefficient (Wildman–Crippen LogP) is 4.09. The van der Waals surface area contributed by atoms with Gasteiger partial charge in [-0.2, -0.15) is 26.7 Å². The van der Waals surface area contributed by atoms with Gasteiger partial charge in [0.1, 0.15) is 5.75 Å². The van der Waals surface area contributed by atoms with Gasteiger partial charge in [-0.25, -0.2) is 4.68 Å². The van der Waals surface area contributed by atoms with Crippen molar-refractivity contribution >= 4 is 10.1 Å². The number of aromatic nitrogens is 2. The minimum Gasteiger partial charge on any atom is -0.497 e. The number of nitrogens with zero attached hydrogens (tertiary/aromatic N) is 2. The molecule has 0 N–H and O–H groups in total. The molecule has 1 heterocycles. The van der Waals surface area contributed by atoms with Crippen molar-refractivity contribution in [3.63, 3.8) is 0 Å². The van der Waals surface area contributed by atoms with E-state index in [2.05, 4.69) is 5.10 Å². The van der Waals surface area contributed by atoms with E-state index in [4.69, 9.17) is 8.92 Å². The van der Waals surface area contributed by atoms with Crippen LogP contribution in [0.15, 0.2) is 54.6 Å². The van der Waals surface area contributed by atoms with Gasteiger partial charge < -0.3 is 4.74 Å². The van der Waals surface area contributed by atoms with Crippen molar-refractivity contribution in [2.45, 2.75) is 12.6 Å². The Morgan fingerprint density at radius 2 is 1.67 bits per heavy atom. The molecule has 6 nitrogen and oxygen atoms in total. The van der Waals surface area contributed by atoms with Crippen LogP contribution >= 0.6 is 0 Å². The summed E-state index contributed by atoms with van der Waals surface area (Å²) in [4.78, 5) is 0. The molecule has 30 heavy (non-hydrogen) atoms. The van der Waals surface area contributed by atoms with Gasteiger partial charge >= 0.3 is 6.18 Å². The summed E-state index contributed by atoms with van der Waals surface area (Å²) in [5, 5.41) is 3.75. The number of rotatable bonds is 7. The molecule has 0 aliphatic carbocycles. The summed E-state index contributed by atoms with van der Waals surface area (Å²) in [5.74, 6) is 0.573. The van der Waals surface area contributed by atoms with Crippen molar-refractivity contribution < 1.29 is 30.5 Å². The van der Waals surface area contributed by atoms with Crippen LogP contribution in [0.3, 0.4) is 0 Å². The van der Waals surface area contributed by atoms with Gasteiger partial charge in [0.05, 0.1) is 31.4 Å². The van der Waals surface area contributed by atoms with Gasteiger partial charge in [0.2, 0.25) is 0 Å². The lowest BCUT2D eigenvalue weighted by Crippen LogP contribution is -2.07. The first-order chi connectivity index (χ1) is 14.1. The highest BCUT2D eigenvalue weighted by molar-refractivity contribution is 7.85. The van der Waals surface area contributed by atoms with Gasteiger partial charge in [-0.3, -0.25) is 4.18 Å². The summed E-state index contributed by atoms with van der Waals surface area (Å²) in [6.07, 6.45) is -3.27. The van der Waals surface area contributed by atoms with Gasteiger partial charge in [-0.1, -0.05) is 24.3 Å². The number of methoxy groups -OCH3 is 1.